The highest BCUT2D eigenvalue weighted by Gasteiger charge is 1.87. The topological polar surface area (TPSA) is 26.0 Å². The Balaban J connectivity index is 3.66. The van der Waals surface area contributed by atoms with Crippen molar-refractivity contribution in [1.29, 1.82) is 0 Å². The lowest BCUT2D eigenvalue weighted by molar-refractivity contribution is 0.698. The Hall–Kier alpha value is -0.430. The smallest absolute Gasteiger partial charge is 0.0991 e. The molecule has 0 amide bonds. The van der Waals surface area contributed by atoms with Gasteiger partial charge in [0.15, 0.2) is 0 Å². The third-order valence-electron chi connectivity index (χ3n) is 1.34. The van der Waals surface area contributed by atoms with Crippen LogP contribution in [0.15, 0.2) is 23.4 Å². The van der Waals surface area contributed by atoms with E-state index in [0.29, 0.717) is 11.1 Å². The minimum absolute atomic E-state index is 0.333. The van der Waals surface area contributed by atoms with Crippen LogP contribution in [0.3, 0.4) is 0 Å². The molecule has 0 aromatic carbocycles. The predicted molar refractivity (Wildman–Crippen MR) is 46.7 cm³/mol. The molecule has 0 radical (unpaired) electrons. The first-order valence-electron chi connectivity index (χ1n) is 3.46. The van der Waals surface area contributed by atoms with Gasteiger partial charge in [0.25, 0.3) is 0 Å². The van der Waals surface area contributed by atoms with Crippen molar-refractivity contribution in [2.45, 2.75) is 20.3 Å². The molecule has 10 heavy (non-hydrogen) atoms. The Kier molecular flexibility index (Phi) is 5.13. The van der Waals surface area contributed by atoms with Crippen LogP contribution in [0.4, 0.5) is 0 Å². The van der Waals surface area contributed by atoms with Crippen LogP contribution in [-0.4, -0.2) is 0 Å². The molecular formula is C8H14ClN. The number of allylic oxidation sites excluding steroid dienone is 3. The van der Waals surface area contributed by atoms with E-state index in [0.717, 1.165) is 6.42 Å². The van der Waals surface area contributed by atoms with E-state index in [-0.39, 0.29) is 0 Å². The van der Waals surface area contributed by atoms with E-state index < -0.39 is 0 Å². The Morgan fingerprint density at radius 1 is 1.70 bits per heavy atom. The second-order valence-electron chi connectivity index (χ2n) is 2.32. The minimum Gasteiger partial charge on any atom is -0.389 e. The van der Waals surface area contributed by atoms with Crippen LogP contribution >= 0.6 is 11.6 Å². The first kappa shape index (κ1) is 9.57. The SMILES string of the molecule is CCC(C)/C=C\C=C(/N)Cl. The first-order chi connectivity index (χ1) is 4.66. The Morgan fingerprint density at radius 3 is 2.70 bits per heavy atom. The molecule has 0 aliphatic carbocycles. The molecule has 0 aliphatic rings. The molecule has 58 valence electrons. The zero-order valence-corrected chi connectivity index (χ0v) is 7.23. The van der Waals surface area contributed by atoms with Crippen LogP contribution in [0.25, 0.3) is 0 Å². The van der Waals surface area contributed by atoms with Crippen LogP contribution in [0, 0.1) is 5.92 Å². The van der Waals surface area contributed by atoms with Crippen molar-refractivity contribution in [3.05, 3.63) is 23.4 Å². The van der Waals surface area contributed by atoms with E-state index in [9.17, 15) is 0 Å². The number of nitrogens with two attached hydrogens (primary N) is 1. The quantitative estimate of drug-likeness (QED) is 0.497. The second-order valence-corrected chi connectivity index (χ2v) is 2.76. The van der Waals surface area contributed by atoms with Gasteiger partial charge in [-0.25, -0.2) is 0 Å². The zero-order chi connectivity index (χ0) is 7.98. The summed E-state index contributed by atoms with van der Waals surface area (Å²) in [4.78, 5) is 0. The first-order valence-corrected chi connectivity index (χ1v) is 3.84. The molecule has 0 heterocycles. The van der Waals surface area contributed by atoms with Gasteiger partial charge in [0.05, 0.1) is 5.16 Å². The molecule has 0 rings (SSSR count). The van der Waals surface area contributed by atoms with Gasteiger partial charge in [-0.3, -0.25) is 0 Å². The van der Waals surface area contributed by atoms with Crippen LogP contribution in [-0.2, 0) is 0 Å². The van der Waals surface area contributed by atoms with E-state index in [1.807, 2.05) is 6.08 Å². The summed E-state index contributed by atoms with van der Waals surface area (Å²) in [5.74, 6) is 0.604. The summed E-state index contributed by atoms with van der Waals surface area (Å²) in [6.07, 6.45) is 6.80. The average Bonchev–Trinajstić information content (AvgIpc) is 1.87. The van der Waals surface area contributed by atoms with E-state index in [4.69, 9.17) is 17.3 Å². The summed E-state index contributed by atoms with van der Waals surface area (Å²) < 4.78 is 0. The molecule has 0 saturated carbocycles. The molecule has 0 aromatic rings. The molecule has 0 fully saturated rings. The predicted octanol–water partition coefficient (Wildman–Crippen LogP) is 2.63. The van der Waals surface area contributed by atoms with Crippen LogP contribution in [0.1, 0.15) is 20.3 Å². The number of halogens is 1. The van der Waals surface area contributed by atoms with Gasteiger partial charge in [0.2, 0.25) is 0 Å². The average molecular weight is 160 g/mol. The normalized spacial score (nSPS) is 16.1. The largest absolute Gasteiger partial charge is 0.389 e. The monoisotopic (exact) mass is 159 g/mol. The lowest BCUT2D eigenvalue weighted by atomic mass is 10.1. The van der Waals surface area contributed by atoms with Crippen LogP contribution in [0.5, 0.6) is 0 Å². The molecule has 0 aliphatic heterocycles. The zero-order valence-electron chi connectivity index (χ0n) is 6.47. The van der Waals surface area contributed by atoms with Crippen molar-refractivity contribution in [3.8, 4) is 0 Å². The fourth-order valence-electron chi connectivity index (χ4n) is 0.473. The van der Waals surface area contributed by atoms with Crippen LogP contribution < -0.4 is 5.73 Å². The maximum absolute atomic E-state index is 5.39. The molecule has 0 spiro atoms. The summed E-state index contributed by atoms with van der Waals surface area (Å²) >= 11 is 5.39. The van der Waals surface area contributed by atoms with Crippen molar-refractivity contribution in [1.82, 2.24) is 0 Å². The summed E-state index contributed by atoms with van der Waals surface area (Å²) in [5.41, 5.74) is 5.20. The molecule has 0 bridgehead atoms. The van der Waals surface area contributed by atoms with Gasteiger partial charge in [-0.2, -0.15) is 0 Å². The standard InChI is InChI=1S/C8H14ClN/c1-3-7(2)5-4-6-8(9)10/h4-7H,3,10H2,1-2H3/b5-4-,8-6-. The van der Waals surface area contributed by atoms with Gasteiger partial charge in [0, 0.05) is 0 Å². The molecule has 1 atom stereocenters. The van der Waals surface area contributed by atoms with Crippen molar-refractivity contribution < 1.29 is 0 Å². The van der Waals surface area contributed by atoms with Gasteiger partial charge in [0.1, 0.15) is 0 Å². The molecule has 1 unspecified atom stereocenters. The Morgan fingerprint density at radius 2 is 2.30 bits per heavy atom. The second kappa shape index (κ2) is 5.36. The highest BCUT2D eigenvalue weighted by atomic mass is 35.5. The molecule has 2 N–H and O–H groups in total. The Bertz CT molecular complexity index is 134. The van der Waals surface area contributed by atoms with E-state index in [1.54, 1.807) is 6.08 Å². The number of hydrogen-bond donors (Lipinski definition) is 1. The van der Waals surface area contributed by atoms with Gasteiger partial charge in [-0.05, 0) is 12.0 Å². The minimum atomic E-state index is 0.333. The lowest BCUT2D eigenvalue weighted by Crippen LogP contribution is -1.86. The maximum atomic E-state index is 5.39. The summed E-state index contributed by atoms with van der Waals surface area (Å²) in [6.45, 7) is 4.29. The van der Waals surface area contributed by atoms with Gasteiger partial charge in [-0.1, -0.05) is 44.0 Å². The number of rotatable bonds is 3. The highest BCUT2D eigenvalue weighted by molar-refractivity contribution is 6.29. The van der Waals surface area contributed by atoms with Crippen LogP contribution in [0.2, 0.25) is 0 Å². The van der Waals surface area contributed by atoms with Gasteiger partial charge < -0.3 is 5.73 Å². The van der Waals surface area contributed by atoms with E-state index in [1.165, 1.54) is 0 Å². The van der Waals surface area contributed by atoms with Gasteiger partial charge >= 0.3 is 0 Å². The van der Waals surface area contributed by atoms with Crippen molar-refractivity contribution in [3.63, 3.8) is 0 Å². The fraction of sp³-hybridized carbons (Fsp3) is 0.500. The molecule has 1 nitrogen and oxygen atoms in total. The highest BCUT2D eigenvalue weighted by Crippen LogP contribution is 2.02. The molecule has 2 heteroatoms. The summed E-state index contributed by atoms with van der Waals surface area (Å²) in [7, 11) is 0. The van der Waals surface area contributed by atoms with Crippen molar-refractivity contribution >= 4 is 11.6 Å². The molecule has 0 aromatic heterocycles. The third-order valence-corrected chi connectivity index (χ3v) is 1.47. The molecular weight excluding hydrogens is 146 g/mol. The lowest BCUT2D eigenvalue weighted by Gasteiger charge is -1.96. The third kappa shape index (κ3) is 5.70. The van der Waals surface area contributed by atoms with Crippen molar-refractivity contribution in [2.75, 3.05) is 0 Å². The van der Waals surface area contributed by atoms with Gasteiger partial charge in [-0.15, -0.1) is 0 Å². The Labute approximate surface area is 67.6 Å². The van der Waals surface area contributed by atoms with Crippen molar-refractivity contribution in [2.24, 2.45) is 11.7 Å². The number of hydrogen-bond acceptors (Lipinski definition) is 1. The summed E-state index contributed by atoms with van der Waals surface area (Å²) in [6, 6.07) is 0. The van der Waals surface area contributed by atoms with E-state index in [2.05, 4.69) is 19.9 Å². The maximum Gasteiger partial charge on any atom is 0.0991 e. The fourth-order valence-corrected chi connectivity index (χ4v) is 0.546. The summed E-state index contributed by atoms with van der Waals surface area (Å²) in [5, 5.41) is 0.333. The van der Waals surface area contributed by atoms with E-state index >= 15 is 0 Å². The molecule has 0 saturated heterocycles.